The van der Waals surface area contributed by atoms with Gasteiger partial charge in [0.25, 0.3) is 10.0 Å². The minimum atomic E-state index is -4.05. The molecule has 4 rings (SSSR count). The van der Waals surface area contributed by atoms with Crippen molar-refractivity contribution in [1.29, 1.82) is 0 Å². The molecule has 0 amide bonds. The van der Waals surface area contributed by atoms with Gasteiger partial charge >= 0.3 is 0 Å². The number of rotatable bonds is 7. The van der Waals surface area contributed by atoms with Crippen LogP contribution in [-0.4, -0.2) is 44.5 Å². The number of nitrogens with zero attached hydrogens (tertiary/aromatic N) is 3. The van der Waals surface area contributed by atoms with Crippen molar-refractivity contribution >= 4 is 32.9 Å². The summed E-state index contributed by atoms with van der Waals surface area (Å²) in [5, 5.41) is 1.56. The number of likely N-dealkylation sites (tertiary alicyclic amines) is 1. The third-order valence-electron chi connectivity index (χ3n) is 5.64. The quantitative estimate of drug-likeness (QED) is 0.575. The molecular weight excluding hydrogens is 435 g/mol. The predicted molar refractivity (Wildman–Crippen MR) is 123 cm³/mol. The van der Waals surface area contributed by atoms with Crippen molar-refractivity contribution in [2.75, 3.05) is 29.8 Å². The molecule has 0 bridgehead atoms. The zero-order valence-corrected chi connectivity index (χ0v) is 19.1. The van der Waals surface area contributed by atoms with E-state index in [2.05, 4.69) is 31.6 Å². The van der Waals surface area contributed by atoms with E-state index in [1.54, 1.807) is 5.38 Å². The molecule has 0 spiro atoms. The number of halogens is 1. The topological polar surface area (TPSA) is 65.5 Å². The van der Waals surface area contributed by atoms with Crippen molar-refractivity contribution in [2.24, 2.45) is 0 Å². The van der Waals surface area contributed by atoms with Gasteiger partial charge in [-0.05, 0) is 36.6 Å². The fourth-order valence-electron chi connectivity index (χ4n) is 4.00. The summed E-state index contributed by atoms with van der Waals surface area (Å²) in [6.07, 6.45) is 0.968. The van der Waals surface area contributed by atoms with Crippen molar-refractivity contribution in [3.05, 3.63) is 70.3 Å². The smallest absolute Gasteiger partial charge is 0.266 e. The Balaban J connectivity index is 1.49. The van der Waals surface area contributed by atoms with Crippen LogP contribution in [0.3, 0.4) is 0 Å². The molecule has 0 unspecified atom stereocenters. The number of benzene rings is 2. The molecular formula is C22H25FN4O2S2. The molecule has 1 N–H and O–H groups in total. The number of likely N-dealkylation sites (N-methyl/N-ethyl adjacent to an activating group) is 1. The highest BCUT2D eigenvalue weighted by atomic mass is 32.2. The molecule has 3 aromatic rings. The Labute approximate surface area is 186 Å². The molecule has 1 aromatic heterocycles. The van der Waals surface area contributed by atoms with E-state index in [4.69, 9.17) is 0 Å². The third-order valence-corrected chi connectivity index (χ3v) is 7.59. The van der Waals surface area contributed by atoms with Crippen LogP contribution in [0.25, 0.3) is 0 Å². The van der Waals surface area contributed by atoms with Gasteiger partial charge in [-0.15, -0.1) is 11.3 Å². The summed E-state index contributed by atoms with van der Waals surface area (Å²) in [6, 6.07) is 13.3. The van der Waals surface area contributed by atoms with Crippen LogP contribution in [0.5, 0.6) is 0 Å². The summed E-state index contributed by atoms with van der Waals surface area (Å²) in [4.78, 5) is 7.99. The van der Waals surface area contributed by atoms with Gasteiger partial charge in [0.1, 0.15) is 10.7 Å². The molecule has 1 saturated heterocycles. The van der Waals surface area contributed by atoms with E-state index in [9.17, 15) is 12.8 Å². The lowest BCUT2D eigenvalue weighted by Crippen LogP contribution is -2.35. The Morgan fingerprint density at radius 3 is 2.77 bits per heavy atom. The van der Waals surface area contributed by atoms with Crippen molar-refractivity contribution in [3.63, 3.8) is 0 Å². The molecule has 0 saturated carbocycles. The predicted octanol–water partition coefficient (Wildman–Crippen LogP) is 4.10. The number of sulfonamides is 1. The second-order valence-corrected chi connectivity index (χ2v) is 10.2. The Kier molecular flexibility index (Phi) is 6.27. The van der Waals surface area contributed by atoms with Crippen LogP contribution in [0, 0.1) is 12.7 Å². The first-order chi connectivity index (χ1) is 14.8. The van der Waals surface area contributed by atoms with Crippen molar-refractivity contribution in [1.82, 2.24) is 9.88 Å². The Morgan fingerprint density at radius 1 is 1.29 bits per heavy atom. The minimum absolute atomic E-state index is 0.188. The first kappa shape index (κ1) is 21.7. The molecule has 1 atom stereocenters. The fourth-order valence-corrected chi connectivity index (χ4v) is 5.70. The molecule has 0 aliphatic carbocycles. The molecule has 1 aliphatic rings. The molecule has 2 heterocycles. The van der Waals surface area contributed by atoms with Gasteiger partial charge in [0.15, 0.2) is 5.82 Å². The summed E-state index contributed by atoms with van der Waals surface area (Å²) in [5.41, 5.74) is 4.20. The van der Waals surface area contributed by atoms with Gasteiger partial charge in [0.05, 0.1) is 5.51 Å². The SMILES string of the molecule is Cc1cc(S(=O)(=O)Nc2cscn2)c(F)cc1N(C)[C@H]1CCN(Cc2ccccc2)C1. The maximum Gasteiger partial charge on any atom is 0.266 e. The summed E-state index contributed by atoms with van der Waals surface area (Å²) >= 11 is 1.26. The highest BCUT2D eigenvalue weighted by Gasteiger charge is 2.28. The number of hydrogen-bond acceptors (Lipinski definition) is 6. The monoisotopic (exact) mass is 460 g/mol. The summed E-state index contributed by atoms with van der Waals surface area (Å²) in [7, 11) is -2.10. The molecule has 1 aliphatic heterocycles. The molecule has 164 valence electrons. The van der Waals surface area contributed by atoms with Crippen molar-refractivity contribution in [2.45, 2.75) is 30.8 Å². The number of hydrogen-bond donors (Lipinski definition) is 1. The highest BCUT2D eigenvalue weighted by molar-refractivity contribution is 7.92. The van der Waals surface area contributed by atoms with Crippen molar-refractivity contribution in [3.8, 4) is 0 Å². The second-order valence-electron chi connectivity index (χ2n) is 7.82. The van der Waals surface area contributed by atoms with E-state index >= 15 is 0 Å². The lowest BCUT2D eigenvalue weighted by molar-refractivity contribution is 0.326. The number of anilines is 2. The van der Waals surface area contributed by atoms with E-state index < -0.39 is 15.8 Å². The zero-order valence-electron chi connectivity index (χ0n) is 17.5. The largest absolute Gasteiger partial charge is 0.370 e. The fraction of sp³-hybridized carbons (Fsp3) is 0.318. The van der Waals surface area contributed by atoms with Crippen LogP contribution in [0.2, 0.25) is 0 Å². The lowest BCUT2D eigenvalue weighted by atomic mass is 10.1. The van der Waals surface area contributed by atoms with E-state index in [1.165, 1.54) is 34.5 Å². The average Bonchev–Trinajstić information content (AvgIpc) is 3.41. The van der Waals surface area contributed by atoms with Crippen LogP contribution in [0.15, 0.2) is 58.3 Å². The number of aryl methyl sites for hydroxylation is 1. The Morgan fingerprint density at radius 2 is 2.06 bits per heavy atom. The third kappa shape index (κ3) is 4.89. The summed E-state index contributed by atoms with van der Waals surface area (Å²) in [5.74, 6) is -0.581. The van der Waals surface area contributed by atoms with Crippen LogP contribution in [-0.2, 0) is 16.6 Å². The standard InChI is InChI=1S/C22H25FN4O2S2/c1-16-10-21(31(28,29)25-22-14-30-15-24-22)19(23)11-20(16)26(2)18-8-9-27(13-18)12-17-6-4-3-5-7-17/h3-7,10-11,14-15,18,25H,8-9,12-13H2,1-2H3/t18-/m0/s1. The van der Waals surface area contributed by atoms with E-state index in [1.807, 2.05) is 32.2 Å². The first-order valence-corrected chi connectivity index (χ1v) is 12.5. The molecule has 0 radical (unpaired) electrons. The average molecular weight is 461 g/mol. The second kappa shape index (κ2) is 8.94. The zero-order chi connectivity index (χ0) is 22.0. The first-order valence-electron chi connectivity index (χ1n) is 10.0. The van der Waals surface area contributed by atoms with Gasteiger partial charge in [0.2, 0.25) is 0 Å². The maximum atomic E-state index is 14.9. The molecule has 9 heteroatoms. The normalized spacial score (nSPS) is 17.1. The summed E-state index contributed by atoms with van der Waals surface area (Å²) in [6.45, 7) is 4.54. The maximum absolute atomic E-state index is 14.9. The van der Waals surface area contributed by atoms with Crippen LogP contribution in [0.1, 0.15) is 17.5 Å². The van der Waals surface area contributed by atoms with Gasteiger partial charge in [-0.25, -0.2) is 17.8 Å². The van der Waals surface area contributed by atoms with Gasteiger partial charge in [-0.3, -0.25) is 9.62 Å². The van der Waals surface area contributed by atoms with Crippen LogP contribution in [0.4, 0.5) is 15.9 Å². The number of thiazole rings is 1. The van der Waals surface area contributed by atoms with Crippen molar-refractivity contribution < 1.29 is 12.8 Å². The van der Waals surface area contributed by atoms with Gasteiger partial charge in [0, 0.05) is 43.8 Å². The molecule has 6 nitrogen and oxygen atoms in total. The summed E-state index contributed by atoms with van der Waals surface area (Å²) < 4.78 is 42.5. The molecule has 2 aromatic carbocycles. The van der Waals surface area contributed by atoms with E-state index in [0.29, 0.717) is 11.3 Å². The minimum Gasteiger partial charge on any atom is -0.370 e. The molecule has 31 heavy (non-hydrogen) atoms. The molecule has 1 fully saturated rings. The number of aromatic nitrogens is 1. The van der Waals surface area contributed by atoms with Crippen LogP contribution < -0.4 is 9.62 Å². The van der Waals surface area contributed by atoms with Gasteiger partial charge < -0.3 is 4.90 Å². The lowest BCUT2D eigenvalue weighted by Gasteiger charge is -2.29. The Bertz CT molecular complexity index is 1140. The van der Waals surface area contributed by atoms with Gasteiger partial charge in [-0.2, -0.15) is 0 Å². The van der Waals surface area contributed by atoms with Gasteiger partial charge in [-0.1, -0.05) is 30.3 Å². The highest BCUT2D eigenvalue weighted by Crippen LogP contribution is 2.30. The number of nitrogens with one attached hydrogen (secondary N) is 1. The van der Waals surface area contributed by atoms with E-state index in [-0.39, 0.29) is 16.8 Å². The Hall–Kier alpha value is -2.49. The van der Waals surface area contributed by atoms with Crippen LogP contribution >= 0.6 is 11.3 Å². The van der Waals surface area contributed by atoms with E-state index in [0.717, 1.165) is 26.1 Å².